The predicted molar refractivity (Wildman–Crippen MR) is 82.6 cm³/mol. The smallest absolute Gasteiger partial charge is 0.0428 e. The first kappa shape index (κ1) is 13.9. The van der Waals surface area contributed by atoms with E-state index < -0.39 is 0 Å². The second-order valence-corrected chi connectivity index (χ2v) is 5.07. The van der Waals surface area contributed by atoms with Gasteiger partial charge in [0.05, 0.1) is 0 Å². The first-order valence-corrected chi connectivity index (χ1v) is 7.08. The van der Waals surface area contributed by atoms with Gasteiger partial charge < -0.3 is 20.9 Å². The molecule has 1 aliphatic heterocycles. The molecule has 0 radical (unpaired) electrons. The average Bonchev–Trinajstić information content (AvgIpc) is 2.47. The fraction of sp³-hybridized carbons (Fsp3) is 0.533. The largest absolute Gasteiger partial charge is 0.388 e. The van der Waals surface area contributed by atoms with Crippen LogP contribution >= 0.6 is 0 Å². The van der Waals surface area contributed by atoms with Crippen molar-refractivity contribution < 1.29 is 0 Å². The van der Waals surface area contributed by atoms with Crippen LogP contribution < -0.4 is 10.6 Å². The number of benzene rings is 1. The molecule has 1 saturated heterocycles. The summed E-state index contributed by atoms with van der Waals surface area (Å²) in [6, 6.07) is 6.68. The number of piperidine rings is 1. The summed E-state index contributed by atoms with van der Waals surface area (Å²) >= 11 is 0. The molecule has 0 aromatic heterocycles. The molecule has 1 fully saturated rings. The number of nitrogens with one attached hydrogen (secondary N) is 3. The van der Waals surface area contributed by atoms with Gasteiger partial charge in [-0.05, 0) is 44.1 Å². The number of hydrogen-bond acceptors (Lipinski definition) is 4. The van der Waals surface area contributed by atoms with E-state index in [1.165, 1.54) is 25.6 Å². The summed E-state index contributed by atoms with van der Waals surface area (Å²) in [4.78, 5) is 2.49. The third-order valence-electron chi connectivity index (χ3n) is 3.80. The first-order chi connectivity index (χ1) is 9.26. The molecular formula is C15H24N4. The molecule has 0 spiro atoms. The summed E-state index contributed by atoms with van der Waals surface area (Å²) in [7, 11) is 1.88. The number of nitrogens with zero attached hydrogens (tertiary/aromatic N) is 1. The zero-order chi connectivity index (χ0) is 13.7. The van der Waals surface area contributed by atoms with Crippen LogP contribution in [0.2, 0.25) is 0 Å². The molecule has 4 nitrogen and oxygen atoms in total. The highest BCUT2D eigenvalue weighted by Crippen LogP contribution is 2.21. The minimum Gasteiger partial charge on any atom is -0.388 e. The van der Waals surface area contributed by atoms with E-state index in [4.69, 9.17) is 5.41 Å². The van der Waals surface area contributed by atoms with Crippen molar-refractivity contribution in [2.75, 3.05) is 37.3 Å². The van der Waals surface area contributed by atoms with Crippen LogP contribution in [0.4, 0.5) is 11.4 Å². The Bertz CT molecular complexity index is 430. The lowest BCUT2D eigenvalue weighted by Gasteiger charge is -2.33. The number of likely N-dealkylation sites (tertiary alicyclic amines) is 1. The van der Waals surface area contributed by atoms with Crippen LogP contribution in [-0.4, -0.2) is 43.8 Å². The average molecular weight is 260 g/mol. The molecule has 104 valence electrons. The molecule has 1 aliphatic rings. The minimum atomic E-state index is 0.521. The highest BCUT2D eigenvalue weighted by Gasteiger charge is 2.18. The molecule has 0 saturated carbocycles. The molecule has 0 aliphatic carbocycles. The lowest BCUT2D eigenvalue weighted by molar-refractivity contribution is 0.227. The fourth-order valence-electron chi connectivity index (χ4n) is 2.70. The van der Waals surface area contributed by atoms with Crippen LogP contribution in [0.3, 0.4) is 0 Å². The summed E-state index contributed by atoms with van der Waals surface area (Å²) < 4.78 is 0. The van der Waals surface area contributed by atoms with Gasteiger partial charge in [0.15, 0.2) is 0 Å². The third kappa shape index (κ3) is 3.47. The quantitative estimate of drug-likeness (QED) is 0.713. The lowest BCUT2D eigenvalue weighted by Crippen LogP contribution is -2.41. The van der Waals surface area contributed by atoms with Crippen molar-refractivity contribution in [3.63, 3.8) is 0 Å². The van der Waals surface area contributed by atoms with Crippen LogP contribution in [0.1, 0.15) is 25.3 Å². The van der Waals surface area contributed by atoms with Gasteiger partial charge in [0.1, 0.15) is 0 Å². The molecule has 2 rings (SSSR count). The van der Waals surface area contributed by atoms with Crippen LogP contribution in [0.5, 0.6) is 0 Å². The summed E-state index contributed by atoms with van der Waals surface area (Å²) in [5.41, 5.74) is 3.04. The molecule has 3 N–H and O–H groups in total. The maximum Gasteiger partial charge on any atom is 0.0428 e. The molecule has 1 atom stereocenters. The Morgan fingerprint density at radius 2 is 2.32 bits per heavy atom. The standard InChI is InChI=1S/C15H24N4/c1-3-19-8-4-5-14(11-19)18-13-6-7-15(17-2)12(9-13)10-16/h6-7,9-10,14,16-18H,3-5,8,11H2,1-2H3. The van der Waals surface area contributed by atoms with Gasteiger partial charge in [0.2, 0.25) is 0 Å². The van der Waals surface area contributed by atoms with Gasteiger partial charge in [-0.25, -0.2) is 0 Å². The lowest BCUT2D eigenvalue weighted by atomic mass is 10.0. The fourth-order valence-corrected chi connectivity index (χ4v) is 2.70. The Kier molecular flexibility index (Phi) is 4.80. The van der Waals surface area contributed by atoms with E-state index >= 15 is 0 Å². The first-order valence-electron chi connectivity index (χ1n) is 7.08. The molecule has 0 amide bonds. The highest BCUT2D eigenvalue weighted by atomic mass is 15.2. The summed E-state index contributed by atoms with van der Waals surface area (Å²) in [6.45, 7) is 5.68. The Morgan fingerprint density at radius 3 is 3.00 bits per heavy atom. The maximum absolute atomic E-state index is 7.46. The SMILES string of the molecule is CCN1CCCC(Nc2ccc(NC)c(C=N)c2)C1. The predicted octanol–water partition coefficient (Wildman–Crippen LogP) is 2.62. The van der Waals surface area contributed by atoms with Crippen LogP contribution in [0, 0.1) is 5.41 Å². The van der Waals surface area contributed by atoms with Gasteiger partial charge in [-0.15, -0.1) is 0 Å². The zero-order valence-electron chi connectivity index (χ0n) is 11.9. The Labute approximate surface area is 115 Å². The monoisotopic (exact) mass is 260 g/mol. The van der Waals surface area contributed by atoms with Crippen molar-refractivity contribution in [3.8, 4) is 0 Å². The molecule has 0 bridgehead atoms. The van der Waals surface area contributed by atoms with E-state index in [-0.39, 0.29) is 0 Å². The van der Waals surface area contributed by atoms with Crippen molar-refractivity contribution in [2.24, 2.45) is 0 Å². The summed E-state index contributed by atoms with van der Waals surface area (Å²) in [6.07, 6.45) is 3.89. The number of anilines is 2. The number of hydrogen-bond donors (Lipinski definition) is 3. The van der Waals surface area contributed by atoms with Crippen molar-refractivity contribution in [2.45, 2.75) is 25.8 Å². The Hall–Kier alpha value is -1.55. The topological polar surface area (TPSA) is 51.1 Å². The van der Waals surface area contributed by atoms with E-state index in [2.05, 4.69) is 28.5 Å². The Morgan fingerprint density at radius 1 is 1.47 bits per heavy atom. The van der Waals surface area contributed by atoms with E-state index in [1.54, 1.807) is 0 Å². The van der Waals surface area contributed by atoms with E-state index in [9.17, 15) is 0 Å². The molecule has 1 aromatic carbocycles. The number of rotatable bonds is 5. The maximum atomic E-state index is 7.46. The second kappa shape index (κ2) is 6.57. The second-order valence-electron chi connectivity index (χ2n) is 5.07. The van der Waals surface area contributed by atoms with Gasteiger partial charge in [0.25, 0.3) is 0 Å². The molecule has 19 heavy (non-hydrogen) atoms. The number of likely N-dealkylation sites (N-methyl/N-ethyl adjacent to an activating group) is 1. The van der Waals surface area contributed by atoms with E-state index in [1.807, 2.05) is 19.2 Å². The van der Waals surface area contributed by atoms with Crippen LogP contribution in [0.25, 0.3) is 0 Å². The Balaban J connectivity index is 2.04. The molecule has 1 unspecified atom stereocenters. The molecule has 1 aromatic rings. The molecule has 4 heteroatoms. The summed E-state index contributed by atoms with van der Waals surface area (Å²) in [5, 5.41) is 14.2. The third-order valence-corrected chi connectivity index (χ3v) is 3.80. The van der Waals surface area contributed by atoms with Gasteiger partial charge in [-0.2, -0.15) is 0 Å². The normalized spacial score (nSPS) is 20.0. The minimum absolute atomic E-state index is 0.521. The van der Waals surface area contributed by atoms with Crippen molar-refractivity contribution in [1.29, 1.82) is 5.41 Å². The van der Waals surface area contributed by atoms with Crippen molar-refractivity contribution >= 4 is 17.6 Å². The summed E-state index contributed by atoms with van der Waals surface area (Å²) in [5.74, 6) is 0. The van der Waals surface area contributed by atoms with Crippen molar-refractivity contribution in [3.05, 3.63) is 23.8 Å². The molecular weight excluding hydrogens is 236 g/mol. The van der Waals surface area contributed by atoms with E-state index in [0.29, 0.717) is 6.04 Å². The van der Waals surface area contributed by atoms with Gasteiger partial charge in [0, 0.05) is 42.8 Å². The van der Waals surface area contributed by atoms with Gasteiger partial charge in [-0.1, -0.05) is 6.92 Å². The van der Waals surface area contributed by atoms with Gasteiger partial charge >= 0.3 is 0 Å². The van der Waals surface area contributed by atoms with Gasteiger partial charge in [-0.3, -0.25) is 0 Å². The van der Waals surface area contributed by atoms with Crippen molar-refractivity contribution in [1.82, 2.24) is 4.90 Å². The van der Waals surface area contributed by atoms with Crippen LogP contribution in [-0.2, 0) is 0 Å². The molecule has 1 heterocycles. The highest BCUT2D eigenvalue weighted by molar-refractivity contribution is 5.87. The van der Waals surface area contributed by atoms with Crippen LogP contribution in [0.15, 0.2) is 18.2 Å². The van der Waals surface area contributed by atoms with E-state index in [0.717, 1.165) is 30.0 Å². The zero-order valence-corrected chi connectivity index (χ0v) is 11.9.